The third-order valence-corrected chi connectivity index (χ3v) is 3.59. The molecule has 0 aliphatic rings. The van der Waals surface area contributed by atoms with E-state index in [-0.39, 0.29) is 5.91 Å². The van der Waals surface area contributed by atoms with Crippen molar-refractivity contribution in [3.8, 4) is 11.5 Å². The van der Waals surface area contributed by atoms with Crippen LogP contribution in [0.5, 0.6) is 11.5 Å². The van der Waals surface area contributed by atoms with Gasteiger partial charge >= 0.3 is 0 Å². The minimum absolute atomic E-state index is 0.113. The number of hydrogen-bond donors (Lipinski definition) is 1. The summed E-state index contributed by atoms with van der Waals surface area (Å²) < 4.78 is 10.5. The van der Waals surface area contributed by atoms with Crippen molar-refractivity contribution in [2.75, 3.05) is 32.6 Å². The molecule has 7 heteroatoms. The third kappa shape index (κ3) is 3.92. The van der Waals surface area contributed by atoms with E-state index in [1.807, 2.05) is 19.9 Å². The summed E-state index contributed by atoms with van der Waals surface area (Å²) in [7, 11) is 3.16. The Balaban J connectivity index is 2.22. The van der Waals surface area contributed by atoms with Gasteiger partial charge in [-0.2, -0.15) is 0 Å². The molecule has 0 radical (unpaired) electrons. The fourth-order valence-corrected chi connectivity index (χ4v) is 2.28. The predicted octanol–water partition coefficient (Wildman–Crippen LogP) is 2.72. The first kappa shape index (κ1) is 17.5. The van der Waals surface area contributed by atoms with Crippen LogP contribution in [0.4, 0.5) is 11.5 Å². The van der Waals surface area contributed by atoms with E-state index in [9.17, 15) is 4.79 Å². The molecule has 0 saturated carbocycles. The first-order valence-corrected chi connectivity index (χ1v) is 7.73. The summed E-state index contributed by atoms with van der Waals surface area (Å²) in [5.74, 6) is 1.67. The highest BCUT2D eigenvalue weighted by Gasteiger charge is 2.15. The molecule has 1 amide bonds. The van der Waals surface area contributed by atoms with Crippen LogP contribution >= 0.6 is 0 Å². The summed E-state index contributed by atoms with van der Waals surface area (Å²) in [5, 5.41) is 3.14. The number of anilines is 2. The second kappa shape index (κ2) is 8.14. The van der Waals surface area contributed by atoms with Gasteiger partial charge in [-0.15, -0.1) is 0 Å². The van der Waals surface area contributed by atoms with Crippen LogP contribution in [0, 0.1) is 0 Å². The molecule has 2 aromatic rings. The summed E-state index contributed by atoms with van der Waals surface area (Å²) in [5.41, 5.74) is 1.13. The molecule has 0 fully saturated rings. The molecular weight excluding hydrogens is 308 g/mol. The second-order valence-electron chi connectivity index (χ2n) is 4.96. The molecule has 0 spiro atoms. The van der Waals surface area contributed by atoms with E-state index in [1.54, 1.807) is 37.3 Å². The largest absolute Gasteiger partial charge is 0.493 e. The van der Waals surface area contributed by atoms with Crippen molar-refractivity contribution in [3.05, 3.63) is 36.3 Å². The van der Waals surface area contributed by atoms with Crippen molar-refractivity contribution in [1.29, 1.82) is 0 Å². The molecule has 1 N–H and O–H groups in total. The Labute approximate surface area is 141 Å². The Bertz CT molecular complexity index is 702. The Hall–Kier alpha value is -2.83. The van der Waals surface area contributed by atoms with Crippen LogP contribution in [0.1, 0.15) is 24.3 Å². The number of benzene rings is 1. The first-order valence-electron chi connectivity index (χ1n) is 7.73. The van der Waals surface area contributed by atoms with Crippen LogP contribution in [0.3, 0.4) is 0 Å². The zero-order valence-corrected chi connectivity index (χ0v) is 14.4. The van der Waals surface area contributed by atoms with Crippen molar-refractivity contribution < 1.29 is 14.3 Å². The summed E-state index contributed by atoms with van der Waals surface area (Å²) in [6, 6.07) is 7.07. The fraction of sp³-hybridized carbons (Fsp3) is 0.353. The van der Waals surface area contributed by atoms with Crippen molar-refractivity contribution in [2.45, 2.75) is 13.8 Å². The van der Waals surface area contributed by atoms with Crippen molar-refractivity contribution in [3.63, 3.8) is 0 Å². The van der Waals surface area contributed by atoms with Crippen LogP contribution in [0.2, 0.25) is 0 Å². The van der Waals surface area contributed by atoms with E-state index >= 15 is 0 Å². The predicted molar refractivity (Wildman–Crippen MR) is 92.1 cm³/mol. The van der Waals surface area contributed by atoms with Gasteiger partial charge in [0.25, 0.3) is 5.91 Å². The molecular formula is C17H22N4O3. The van der Waals surface area contributed by atoms with E-state index in [4.69, 9.17) is 9.47 Å². The smallest absolute Gasteiger partial charge is 0.272 e. The van der Waals surface area contributed by atoms with Gasteiger partial charge in [-0.3, -0.25) is 4.79 Å². The average molecular weight is 330 g/mol. The van der Waals surface area contributed by atoms with E-state index in [0.29, 0.717) is 36.1 Å². The standard InChI is InChI=1S/C17H22N4O3/c1-5-21(6-2)17(22)13-10-16(19-11-18-13)20-12-7-8-14(23-3)15(9-12)24-4/h7-11H,5-6H2,1-4H3,(H,18,19,20). The van der Waals surface area contributed by atoms with Gasteiger partial charge in [-0.25, -0.2) is 9.97 Å². The molecule has 2 rings (SSSR count). The molecule has 0 aliphatic heterocycles. The molecule has 0 aliphatic carbocycles. The minimum atomic E-state index is -0.113. The zero-order valence-electron chi connectivity index (χ0n) is 14.4. The Morgan fingerprint density at radius 1 is 1.08 bits per heavy atom. The highest BCUT2D eigenvalue weighted by atomic mass is 16.5. The normalized spacial score (nSPS) is 10.2. The molecule has 0 bridgehead atoms. The summed E-state index contributed by atoms with van der Waals surface area (Å²) in [6.07, 6.45) is 1.37. The summed E-state index contributed by atoms with van der Waals surface area (Å²) >= 11 is 0. The molecule has 1 aromatic heterocycles. The maximum absolute atomic E-state index is 12.4. The fourth-order valence-electron chi connectivity index (χ4n) is 2.28. The van der Waals surface area contributed by atoms with Gasteiger partial charge in [0.1, 0.15) is 17.8 Å². The van der Waals surface area contributed by atoms with Gasteiger partial charge in [0.15, 0.2) is 11.5 Å². The lowest BCUT2D eigenvalue weighted by Crippen LogP contribution is -2.31. The number of aromatic nitrogens is 2. The number of nitrogens with one attached hydrogen (secondary N) is 1. The third-order valence-electron chi connectivity index (χ3n) is 3.59. The van der Waals surface area contributed by atoms with Gasteiger partial charge in [0.05, 0.1) is 14.2 Å². The number of ether oxygens (including phenoxy) is 2. The van der Waals surface area contributed by atoms with Crippen molar-refractivity contribution in [2.24, 2.45) is 0 Å². The molecule has 0 atom stereocenters. The number of rotatable bonds is 7. The van der Waals surface area contributed by atoms with Crippen LogP contribution in [-0.4, -0.2) is 48.1 Å². The Morgan fingerprint density at radius 2 is 1.79 bits per heavy atom. The number of amides is 1. The molecule has 0 saturated heterocycles. The number of methoxy groups -OCH3 is 2. The van der Waals surface area contributed by atoms with Crippen molar-refractivity contribution in [1.82, 2.24) is 14.9 Å². The number of carbonyl (C=O) groups excluding carboxylic acids is 1. The van der Waals surface area contributed by atoms with E-state index < -0.39 is 0 Å². The van der Waals surface area contributed by atoms with Crippen LogP contribution in [-0.2, 0) is 0 Å². The highest BCUT2D eigenvalue weighted by molar-refractivity contribution is 5.93. The molecule has 1 aromatic carbocycles. The topological polar surface area (TPSA) is 76.6 Å². The van der Waals surface area contributed by atoms with Gasteiger partial charge in [-0.05, 0) is 26.0 Å². The summed E-state index contributed by atoms with van der Waals surface area (Å²) in [6.45, 7) is 5.15. The molecule has 24 heavy (non-hydrogen) atoms. The molecule has 1 heterocycles. The molecule has 0 unspecified atom stereocenters. The number of nitrogens with zero attached hydrogens (tertiary/aromatic N) is 3. The van der Waals surface area contributed by atoms with Gasteiger partial charge in [-0.1, -0.05) is 0 Å². The molecule has 7 nitrogen and oxygen atoms in total. The maximum Gasteiger partial charge on any atom is 0.272 e. The number of hydrogen-bond acceptors (Lipinski definition) is 6. The highest BCUT2D eigenvalue weighted by Crippen LogP contribution is 2.30. The van der Waals surface area contributed by atoms with Crippen LogP contribution in [0.25, 0.3) is 0 Å². The Morgan fingerprint density at radius 3 is 2.42 bits per heavy atom. The zero-order chi connectivity index (χ0) is 17.5. The maximum atomic E-state index is 12.4. The average Bonchev–Trinajstić information content (AvgIpc) is 2.62. The van der Waals surface area contributed by atoms with Gasteiger partial charge in [0.2, 0.25) is 0 Å². The lowest BCUT2D eigenvalue weighted by atomic mass is 10.2. The Kier molecular flexibility index (Phi) is 5.95. The lowest BCUT2D eigenvalue weighted by Gasteiger charge is -2.18. The van der Waals surface area contributed by atoms with Crippen molar-refractivity contribution >= 4 is 17.4 Å². The van der Waals surface area contributed by atoms with E-state index in [1.165, 1.54) is 6.33 Å². The van der Waals surface area contributed by atoms with Crippen LogP contribution in [0.15, 0.2) is 30.6 Å². The monoisotopic (exact) mass is 330 g/mol. The van der Waals surface area contributed by atoms with Gasteiger partial charge in [0, 0.05) is 30.9 Å². The quantitative estimate of drug-likeness (QED) is 0.841. The number of carbonyl (C=O) groups is 1. The van der Waals surface area contributed by atoms with Crippen LogP contribution < -0.4 is 14.8 Å². The first-order chi connectivity index (χ1) is 11.6. The lowest BCUT2D eigenvalue weighted by molar-refractivity contribution is 0.0767. The van der Waals surface area contributed by atoms with E-state index in [0.717, 1.165) is 5.69 Å². The minimum Gasteiger partial charge on any atom is -0.493 e. The summed E-state index contributed by atoms with van der Waals surface area (Å²) in [4.78, 5) is 22.3. The molecule has 128 valence electrons. The van der Waals surface area contributed by atoms with Gasteiger partial charge < -0.3 is 19.7 Å². The second-order valence-corrected chi connectivity index (χ2v) is 4.96. The SMILES string of the molecule is CCN(CC)C(=O)c1cc(Nc2ccc(OC)c(OC)c2)ncn1. The van der Waals surface area contributed by atoms with E-state index in [2.05, 4.69) is 15.3 Å².